The van der Waals surface area contributed by atoms with Gasteiger partial charge in [0.25, 0.3) is 0 Å². The van der Waals surface area contributed by atoms with E-state index in [1.54, 1.807) is 17.6 Å². The number of hydrogen-bond donors (Lipinski definition) is 2. The molecule has 0 bridgehead atoms. The molecule has 0 radical (unpaired) electrons. The summed E-state index contributed by atoms with van der Waals surface area (Å²) in [5, 5.41) is 6.46. The lowest BCUT2D eigenvalue weighted by Crippen LogP contribution is -2.31. The van der Waals surface area contributed by atoms with E-state index in [2.05, 4.69) is 15.7 Å². The van der Waals surface area contributed by atoms with Crippen molar-refractivity contribution >= 4 is 17.2 Å². The van der Waals surface area contributed by atoms with Crippen LogP contribution in [0.15, 0.2) is 28.2 Å². The molecule has 1 aliphatic carbocycles. The highest BCUT2D eigenvalue weighted by molar-refractivity contribution is 7.13. The molecule has 0 aromatic carbocycles. The Morgan fingerprint density at radius 1 is 1.41 bits per heavy atom. The number of carbonyl (C=O) groups excluding carboxylic acids is 1. The fraction of sp³-hybridized carbons (Fsp3) is 0.500. The number of nitrogens with one attached hydrogen (secondary N) is 1. The first-order chi connectivity index (χ1) is 10.7. The lowest BCUT2D eigenvalue weighted by molar-refractivity contribution is -0.122. The van der Waals surface area contributed by atoms with Crippen LogP contribution in [0.2, 0.25) is 0 Å². The molecule has 3 N–H and O–H groups in total. The summed E-state index contributed by atoms with van der Waals surface area (Å²) >= 11 is 1.60. The Morgan fingerprint density at radius 2 is 2.23 bits per heavy atom. The number of nitrogens with two attached hydrogens (primary N) is 1. The maximum absolute atomic E-state index is 11.2. The van der Waals surface area contributed by atoms with E-state index in [4.69, 9.17) is 10.2 Å². The van der Waals surface area contributed by atoms with E-state index in [0.29, 0.717) is 5.92 Å². The number of amides is 1. The van der Waals surface area contributed by atoms with Gasteiger partial charge in [-0.25, -0.2) is 4.98 Å². The molecule has 2 aromatic heterocycles. The topological polar surface area (TPSA) is 81.2 Å². The van der Waals surface area contributed by atoms with Crippen LogP contribution in [0, 0.1) is 11.8 Å². The van der Waals surface area contributed by atoms with Gasteiger partial charge in [-0.05, 0) is 50.3 Å². The van der Waals surface area contributed by atoms with Gasteiger partial charge in [0, 0.05) is 17.8 Å². The van der Waals surface area contributed by atoms with Crippen LogP contribution in [0.25, 0.3) is 10.8 Å². The van der Waals surface area contributed by atoms with Crippen LogP contribution in [0.5, 0.6) is 0 Å². The van der Waals surface area contributed by atoms with Gasteiger partial charge in [0.05, 0.1) is 12.0 Å². The molecule has 22 heavy (non-hydrogen) atoms. The quantitative estimate of drug-likeness (QED) is 0.858. The van der Waals surface area contributed by atoms with Gasteiger partial charge in [-0.3, -0.25) is 4.79 Å². The summed E-state index contributed by atoms with van der Waals surface area (Å²) in [6.07, 6.45) is 5.68. The summed E-state index contributed by atoms with van der Waals surface area (Å²) in [5.41, 5.74) is 6.41. The van der Waals surface area contributed by atoms with Crippen molar-refractivity contribution in [1.29, 1.82) is 0 Å². The standard InChI is InChI=1S/C16H21N3O2S/c17-15(20)12-5-3-11(4-6-12)8-18-9-13-10-22-16(19-13)14-2-1-7-21-14/h1-2,7,10-12,18H,3-6,8-9H2,(H2,17,20). The van der Waals surface area contributed by atoms with Gasteiger partial charge in [0.15, 0.2) is 10.8 Å². The number of carbonyl (C=O) groups is 1. The van der Waals surface area contributed by atoms with Gasteiger partial charge in [-0.2, -0.15) is 0 Å². The van der Waals surface area contributed by atoms with E-state index >= 15 is 0 Å². The van der Waals surface area contributed by atoms with Gasteiger partial charge < -0.3 is 15.5 Å². The Morgan fingerprint density at radius 3 is 2.91 bits per heavy atom. The third kappa shape index (κ3) is 3.75. The second-order valence-corrected chi connectivity index (χ2v) is 6.73. The van der Waals surface area contributed by atoms with Crippen molar-refractivity contribution < 1.29 is 9.21 Å². The molecular weight excluding hydrogens is 298 g/mol. The first-order valence-corrected chi connectivity index (χ1v) is 8.58. The fourth-order valence-electron chi connectivity index (χ4n) is 2.96. The number of primary amides is 1. The lowest BCUT2D eigenvalue weighted by Gasteiger charge is -2.26. The molecule has 0 aliphatic heterocycles. The third-order valence-electron chi connectivity index (χ3n) is 4.27. The molecule has 0 spiro atoms. The largest absolute Gasteiger partial charge is 0.462 e. The zero-order chi connectivity index (χ0) is 15.4. The molecule has 5 nitrogen and oxygen atoms in total. The Labute approximate surface area is 133 Å². The highest BCUT2D eigenvalue weighted by Crippen LogP contribution is 2.28. The third-order valence-corrected chi connectivity index (χ3v) is 5.18. The van der Waals surface area contributed by atoms with E-state index in [1.165, 1.54) is 0 Å². The first-order valence-electron chi connectivity index (χ1n) is 7.70. The SMILES string of the molecule is NC(=O)C1CCC(CNCc2csc(-c3ccco3)n2)CC1. The molecule has 0 atom stereocenters. The van der Waals surface area contributed by atoms with Crippen LogP contribution in [0.4, 0.5) is 0 Å². The summed E-state index contributed by atoms with van der Waals surface area (Å²) in [6.45, 7) is 1.74. The molecule has 1 amide bonds. The summed E-state index contributed by atoms with van der Waals surface area (Å²) in [6, 6.07) is 3.80. The Hall–Kier alpha value is -1.66. The second-order valence-electron chi connectivity index (χ2n) is 5.87. The lowest BCUT2D eigenvalue weighted by atomic mass is 9.81. The van der Waals surface area contributed by atoms with Crippen LogP contribution < -0.4 is 11.1 Å². The van der Waals surface area contributed by atoms with Gasteiger partial charge in [-0.15, -0.1) is 11.3 Å². The van der Waals surface area contributed by atoms with E-state index in [9.17, 15) is 4.79 Å². The Balaban J connectivity index is 1.41. The zero-order valence-electron chi connectivity index (χ0n) is 12.5. The molecule has 0 unspecified atom stereocenters. The average Bonchev–Trinajstić information content (AvgIpc) is 3.19. The van der Waals surface area contributed by atoms with Gasteiger partial charge in [-0.1, -0.05) is 0 Å². The molecule has 1 aliphatic rings. The van der Waals surface area contributed by atoms with Crippen molar-refractivity contribution in [3.63, 3.8) is 0 Å². The van der Waals surface area contributed by atoms with Gasteiger partial charge in [0.1, 0.15) is 0 Å². The van der Waals surface area contributed by atoms with Crippen LogP contribution in [-0.2, 0) is 11.3 Å². The maximum atomic E-state index is 11.2. The van der Waals surface area contributed by atoms with Crippen molar-refractivity contribution in [1.82, 2.24) is 10.3 Å². The summed E-state index contributed by atoms with van der Waals surface area (Å²) in [5.74, 6) is 1.41. The highest BCUT2D eigenvalue weighted by Gasteiger charge is 2.24. The number of nitrogens with zero attached hydrogens (tertiary/aromatic N) is 1. The Kier molecular flexibility index (Phi) is 4.90. The van der Waals surface area contributed by atoms with E-state index in [0.717, 1.165) is 55.2 Å². The van der Waals surface area contributed by atoms with Crippen molar-refractivity contribution in [2.24, 2.45) is 17.6 Å². The van der Waals surface area contributed by atoms with Crippen molar-refractivity contribution in [3.05, 3.63) is 29.5 Å². The smallest absolute Gasteiger partial charge is 0.220 e. The summed E-state index contributed by atoms with van der Waals surface area (Å²) in [7, 11) is 0. The minimum Gasteiger partial charge on any atom is -0.462 e. The van der Waals surface area contributed by atoms with Gasteiger partial charge >= 0.3 is 0 Å². The van der Waals surface area contributed by atoms with Crippen LogP contribution >= 0.6 is 11.3 Å². The molecule has 1 saturated carbocycles. The molecule has 2 aromatic rings. The van der Waals surface area contributed by atoms with E-state index in [1.807, 2.05) is 12.1 Å². The number of hydrogen-bond acceptors (Lipinski definition) is 5. The maximum Gasteiger partial charge on any atom is 0.220 e. The molecule has 3 rings (SSSR count). The Bertz CT molecular complexity index is 601. The van der Waals surface area contributed by atoms with E-state index in [-0.39, 0.29) is 11.8 Å². The molecule has 118 valence electrons. The molecule has 0 saturated heterocycles. The van der Waals surface area contributed by atoms with Crippen LogP contribution in [0.3, 0.4) is 0 Å². The summed E-state index contributed by atoms with van der Waals surface area (Å²) < 4.78 is 5.35. The van der Waals surface area contributed by atoms with Gasteiger partial charge in [0.2, 0.25) is 5.91 Å². The number of rotatable bonds is 6. The predicted molar refractivity (Wildman–Crippen MR) is 86.2 cm³/mol. The highest BCUT2D eigenvalue weighted by atomic mass is 32.1. The molecule has 2 heterocycles. The number of thiazole rings is 1. The first kappa shape index (κ1) is 15.2. The monoisotopic (exact) mass is 319 g/mol. The fourth-order valence-corrected chi connectivity index (χ4v) is 3.74. The minimum atomic E-state index is -0.140. The van der Waals surface area contributed by atoms with E-state index < -0.39 is 0 Å². The van der Waals surface area contributed by atoms with Crippen LogP contribution in [0.1, 0.15) is 31.4 Å². The number of furan rings is 1. The zero-order valence-corrected chi connectivity index (χ0v) is 13.3. The molecular formula is C16H21N3O2S. The molecule has 1 fully saturated rings. The second kappa shape index (κ2) is 7.07. The van der Waals surface area contributed by atoms with Crippen molar-refractivity contribution in [3.8, 4) is 10.8 Å². The average molecular weight is 319 g/mol. The molecule has 6 heteroatoms. The number of aromatic nitrogens is 1. The van der Waals surface area contributed by atoms with Crippen molar-refractivity contribution in [2.45, 2.75) is 32.2 Å². The minimum absolute atomic E-state index is 0.0886. The van der Waals surface area contributed by atoms with Crippen molar-refractivity contribution in [2.75, 3.05) is 6.54 Å². The van der Waals surface area contributed by atoms with Crippen LogP contribution in [-0.4, -0.2) is 17.4 Å². The summed E-state index contributed by atoms with van der Waals surface area (Å²) in [4.78, 5) is 15.7. The predicted octanol–water partition coefficient (Wildman–Crippen LogP) is 2.78. The normalized spacial score (nSPS) is 21.8.